The first-order chi connectivity index (χ1) is 17.5. The monoisotopic (exact) mass is 560 g/mol. The Hall–Kier alpha value is -3.14. The zero-order chi connectivity index (χ0) is 28.5. The maximum absolute atomic E-state index is 13.5. The molecule has 9 nitrogen and oxygen atoms in total. The van der Waals surface area contributed by atoms with Gasteiger partial charge in [0.25, 0.3) is 0 Å². The van der Waals surface area contributed by atoms with Gasteiger partial charge in [0, 0.05) is 27.2 Å². The van der Waals surface area contributed by atoms with E-state index in [1.54, 1.807) is 12.2 Å². The van der Waals surface area contributed by atoms with Crippen LogP contribution in [0.4, 0.5) is 18.0 Å². The van der Waals surface area contributed by atoms with Crippen molar-refractivity contribution in [2.45, 2.75) is 56.8 Å². The van der Waals surface area contributed by atoms with Crippen molar-refractivity contribution in [1.82, 2.24) is 16.1 Å². The number of halogens is 4. The van der Waals surface area contributed by atoms with Crippen molar-refractivity contribution in [3.63, 3.8) is 0 Å². The van der Waals surface area contributed by atoms with Crippen LogP contribution in [0, 0.1) is 16.7 Å². The Morgan fingerprint density at radius 1 is 1.34 bits per heavy atom. The second-order valence-electron chi connectivity index (χ2n) is 8.55. The number of nitriles is 1. The number of hydrazone groups is 1. The third-order valence-electron chi connectivity index (χ3n) is 6.18. The van der Waals surface area contributed by atoms with Crippen molar-refractivity contribution in [2.24, 2.45) is 10.5 Å². The molecule has 1 aliphatic carbocycles. The molecule has 1 saturated carbocycles. The Labute approximate surface area is 211 Å². The van der Waals surface area contributed by atoms with Crippen LogP contribution < -0.4 is 16.1 Å². The lowest BCUT2D eigenvalue weighted by Crippen LogP contribution is -2.54. The third kappa shape index (κ3) is 5.42. The fraction of sp³-hybridized carbons (Fsp3) is 0.500. The molecule has 188 valence electrons. The number of rotatable bonds is 4. The van der Waals surface area contributed by atoms with E-state index in [-0.39, 0.29) is 47.9 Å². The van der Waals surface area contributed by atoms with Gasteiger partial charge in [-0.2, -0.15) is 23.5 Å². The van der Waals surface area contributed by atoms with E-state index < -0.39 is 53.7 Å². The van der Waals surface area contributed by atoms with Crippen molar-refractivity contribution >= 4 is 39.5 Å². The summed E-state index contributed by atoms with van der Waals surface area (Å²) in [5.41, 5.74) is -1.08. The maximum atomic E-state index is 13.5. The Kier molecular flexibility index (Phi) is 6.28. The highest BCUT2D eigenvalue weighted by molar-refractivity contribution is 9.10. The first-order valence-corrected chi connectivity index (χ1v) is 11.3. The Morgan fingerprint density at radius 3 is 2.63 bits per heavy atom. The van der Waals surface area contributed by atoms with Crippen molar-refractivity contribution < 1.29 is 36.4 Å². The summed E-state index contributed by atoms with van der Waals surface area (Å²) in [6, 6.07) is 5.04. The molecule has 1 spiro atoms. The molecule has 1 fully saturated rings. The molecular weight excluding hydrogens is 535 g/mol. The molecule has 1 heterocycles. The van der Waals surface area contributed by atoms with Crippen LogP contribution in [0.5, 0.6) is 0 Å². The van der Waals surface area contributed by atoms with Crippen LogP contribution >= 0.6 is 15.9 Å². The maximum Gasteiger partial charge on any atom is 0.428 e. The van der Waals surface area contributed by atoms with Crippen molar-refractivity contribution in [2.75, 3.05) is 6.98 Å². The van der Waals surface area contributed by atoms with Gasteiger partial charge >= 0.3 is 24.1 Å². The lowest BCUT2D eigenvalue weighted by Gasteiger charge is -2.45. The number of hydrogen-bond acceptors (Lipinski definition) is 6. The Morgan fingerprint density at radius 2 is 2.03 bits per heavy atom. The molecule has 1 atom stereocenters. The number of nitrogens with zero attached hydrogens (tertiary/aromatic N) is 2. The molecular formula is C22H23BrF3N5O4. The van der Waals surface area contributed by atoms with Crippen molar-refractivity contribution in [3.8, 4) is 6.07 Å². The minimum absolute atomic E-state index is 0.0513. The zero-order valence-corrected chi connectivity index (χ0v) is 20.0. The predicted octanol–water partition coefficient (Wildman–Crippen LogP) is 3.38. The highest BCUT2D eigenvalue weighted by Gasteiger charge is 2.51. The van der Waals surface area contributed by atoms with Gasteiger partial charge in [-0.1, -0.05) is 12.1 Å². The Balaban J connectivity index is 1.80. The third-order valence-corrected chi connectivity index (χ3v) is 7.04. The molecule has 3 amide bonds. The SMILES string of the molecule is [2H]C([2H])([2H])NC(=O)C(=O)N[C@@H](C)CC1(C#N)CCC2(CC1)OC(=O)NN=C2c1cccc(C(F)(F)F)c1Br. The van der Waals surface area contributed by atoms with E-state index in [1.165, 1.54) is 12.1 Å². The standard InChI is InChI=1S/C22H23BrF3N5O4/c1-12(29-18(33)17(32)28-2)10-20(11-27)6-8-21(9-7-20)16(30-31-19(34)35-21)13-4-3-5-14(15(13)23)22(24,25)26/h3-5,12H,6-10H2,1-2H3,(H,28,32)(H,29,33)(H,31,34)/t12-,20?,21?/m0/s1/i2D3. The van der Waals surface area contributed by atoms with Crippen LogP contribution in [0.3, 0.4) is 0 Å². The summed E-state index contributed by atoms with van der Waals surface area (Å²) in [6.07, 6.45) is -5.08. The zero-order valence-electron chi connectivity index (χ0n) is 21.4. The number of alkyl halides is 3. The van der Waals surface area contributed by atoms with Gasteiger partial charge in [-0.25, -0.2) is 10.2 Å². The average Bonchev–Trinajstić information content (AvgIpc) is 2.79. The number of amides is 3. The lowest BCUT2D eigenvalue weighted by atomic mass is 9.65. The fourth-order valence-electron chi connectivity index (χ4n) is 4.51. The van der Waals surface area contributed by atoms with Gasteiger partial charge in [0.2, 0.25) is 0 Å². The van der Waals surface area contributed by atoms with Gasteiger partial charge in [-0.3, -0.25) is 9.59 Å². The van der Waals surface area contributed by atoms with Crippen LogP contribution in [-0.4, -0.2) is 42.2 Å². The van der Waals surface area contributed by atoms with Gasteiger partial charge in [0.05, 0.1) is 17.0 Å². The minimum Gasteiger partial charge on any atom is -0.435 e. The van der Waals surface area contributed by atoms with Gasteiger partial charge < -0.3 is 15.4 Å². The summed E-state index contributed by atoms with van der Waals surface area (Å²) in [6.45, 7) is -1.30. The Bertz CT molecular complexity index is 1210. The van der Waals surface area contributed by atoms with Crippen LogP contribution in [-0.2, 0) is 20.5 Å². The second-order valence-corrected chi connectivity index (χ2v) is 9.34. The first kappa shape index (κ1) is 22.3. The van der Waals surface area contributed by atoms with E-state index in [2.05, 4.69) is 37.8 Å². The van der Waals surface area contributed by atoms with E-state index in [0.29, 0.717) is 0 Å². The minimum atomic E-state index is -4.65. The number of nitrogens with one attached hydrogen (secondary N) is 3. The molecule has 1 aromatic rings. The summed E-state index contributed by atoms with van der Waals surface area (Å²) < 4.78 is 66.8. The smallest absolute Gasteiger partial charge is 0.428 e. The number of carbonyl (C=O) groups excluding carboxylic acids is 3. The molecule has 0 bridgehead atoms. The number of likely N-dealkylation sites (N-methyl/N-ethyl adjacent to an activating group) is 1. The van der Waals surface area contributed by atoms with E-state index in [0.717, 1.165) is 6.07 Å². The fourth-order valence-corrected chi connectivity index (χ4v) is 5.18. The van der Waals surface area contributed by atoms with E-state index in [9.17, 15) is 32.8 Å². The number of ether oxygens (including phenoxy) is 1. The van der Waals surface area contributed by atoms with Gasteiger partial charge in [0.1, 0.15) is 5.71 Å². The summed E-state index contributed by atoms with van der Waals surface area (Å²) in [5.74, 6) is -2.52. The van der Waals surface area contributed by atoms with Crippen LogP contribution in [0.1, 0.15) is 54.3 Å². The number of carbonyl (C=O) groups is 3. The summed E-state index contributed by atoms with van der Waals surface area (Å²) in [5, 5.41) is 17.9. The first-order valence-electron chi connectivity index (χ1n) is 12.0. The van der Waals surface area contributed by atoms with Gasteiger partial charge in [-0.15, -0.1) is 0 Å². The second kappa shape index (κ2) is 9.85. The quantitative estimate of drug-likeness (QED) is 0.485. The van der Waals surface area contributed by atoms with Crippen molar-refractivity contribution in [3.05, 3.63) is 33.8 Å². The molecule has 35 heavy (non-hydrogen) atoms. The normalized spacial score (nSPS) is 26.6. The van der Waals surface area contributed by atoms with E-state index >= 15 is 0 Å². The summed E-state index contributed by atoms with van der Waals surface area (Å²) >= 11 is 3.01. The molecule has 1 aromatic carbocycles. The van der Waals surface area contributed by atoms with Gasteiger partial charge in [-0.05, 0) is 61.0 Å². The topological polar surface area (TPSA) is 133 Å². The van der Waals surface area contributed by atoms with Gasteiger partial charge in [0.15, 0.2) is 5.60 Å². The van der Waals surface area contributed by atoms with Crippen LogP contribution in [0.15, 0.2) is 27.8 Å². The molecule has 13 heteroatoms. The predicted molar refractivity (Wildman–Crippen MR) is 121 cm³/mol. The molecule has 0 radical (unpaired) electrons. The highest BCUT2D eigenvalue weighted by atomic mass is 79.9. The largest absolute Gasteiger partial charge is 0.435 e. The highest BCUT2D eigenvalue weighted by Crippen LogP contribution is 2.48. The molecule has 2 aliphatic rings. The molecule has 3 N–H and O–H groups in total. The molecule has 0 unspecified atom stereocenters. The van der Waals surface area contributed by atoms with E-state index in [4.69, 9.17) is 8.85 Å². The molecule has 0 aromatic heterocycles. The van der Waals surface area contributed by atoms with Crippen molar-refractivity contribution in [1.29, 1.82) is 5.26 Å². The van der Waals surface area contributed by atoms with E-state index in [1.807, 2.05) is 0 Å². The summed E-state index contributed by atoms with van der Waals surface area (Å²) in [7, 11) is 0. The molecule has 3 rings (SSSR count). The number of hydrogen-bond donors (Lipinski definition) is 3. The van der Waals surface area contributed by atoms with Crippen LogP contribution in [0.25, 0.3) is 0 Å². The average molecular weight is 561 g/mol. The molecule has 0 saturated heterocycles. The van der Waals surface area contributed by atoms with Crippen LogP contribution in [0.2, 0.25) is 0 Å². The number of benzene rings is 1. The summed E-state index contributed by atoms with van der Waals surface area (Å²) in [4.78, 5) is 35.9. The molecule has 1 aliphatic heterocycles. The lowest BCUT2D eigenvalue weighted by molar-refractivity contribution is -0.139.